The molecule has 6 heteroatoms. The number of nitro benzene ring substituents is 1. The lowest BCUT2D eigenvalue weighted by atomic mass is 10.1. The van der Waals surface area contributed by atoms with E-state index >= 15 is 0 Å². The van der Waals surface area contributed by atoms with Gasteiger partial charge in [-0.3, -0.25) is 10.1 Å². The van der Waals surface area contributed by atoms with E-state index in [2.05, 4.69) is 5.32 Å². The first-order valence-electron chi connectivity index (χ1n) is 4.83. The summed E-state index contributed by atoms with van der Waals surface area (Å²) in [6.07, 6.45) is -0.0302. The Morgan fingerprint density at radius 2 is 2.12 bits per heavy atom. The average Bonchev–Trinajstić information content (AvgIpc) is 2.65. The van der Waals surface area contributed by atoms with Crippen LogP contribution in [0.3, 0.4) is 0 Å². The zero-order valence-corrected chi connectivity index (χ0v) is 8.38. The van der Waals surface area contributed by atoms with Crippen molar-refractivity contribution >= 4 is 11.8 Å². The Labute approximate surface area is 91.4 Å². The highest BCUT2D eigenvalue weighted by Crippen LogP contribution is 2.15. The van der Waals surface area contributed by atoms with Crippen LogP contribution in [0.25, 0.3) is 0 Å². The van der Waals surface area contributed by atoms with Crippen LogP contribution < -0.4 is 5.32 Å². The average molecular weight is 222 g/mol. The second-order valence-electron chi connectivity index (χ2n) is 3.54. The largest absolute Gasteiger partial charge is 0.444 e. The maximum absolute atomic E-state index is 10.8. The Morgan fingerprint density at radius 1 is 1.44 bits per heavy atom. The standard InChI is InChI=1S/C10H10N2O4/c13-10-11-6-9(16-10)5-7-1-3-8(4-2-7)12(14)15/h1-4,9H,5-6H2,(H,11,13). The number of hydrogen-bond donors (Lipinski definition) is 1. The van der Waals surface area contributed by atoms with Crippen molar-refractivity contribution in [2.45, 2.75) is 12.5 Å². The van der Waals surface area contributed by atoms with E-state index in [0.717, 1.165) is 5.56 Å². The van der Waals surface area contributed by atoms with Gasteiger partial charge in [0.25, 0.3) is 5.69 Å². The number of non-ortho nitro benzene ring substituents is 1. The minimum atomic E-state index is -0.444. The van der Waals surface area contributed by atoms with Crippen molar-refractivity contribution in [2.75, 3.05) is 6.54 Å². The highest BCUT2D eigenvalue weighted by atomic mass is 16.6. The summed E-state index contributed by atoms with van der Waals surface area (Å²) < 4.78 is 4.96. The molecule has 1 fully saturated rings. The van der Waals surface area contributed by atoms with Crippen molar-refractivity contribution < 1.29 is 14.5 Å². The summed E-state index contributed by atoms with van der Waals surface area (Å²) in [5.74, 6) is 0. The number of carbonyl (C=O) groups excluding carboxylic acids is 1. The van der Waals surface area contributed by atoms with E-state index in [1.165, 1.54) is 12.1 Å². The number of carbonyl (C=O) groups is 1. The Balaban J connectivity index is 2.00. The smallest absolute Gasteiger partial charge is 0.407 e. The lowest BCUT2D eigenvalue weighted by molar-refractivity contribution is -0.384. The van der Waals surface area contributed by atoms with Gasteiger partial charge < -0.3 is 10.1 Å². The van der Waals surface area contributed by atoms with Crippen molar-refractivity contribution in [3.63, 3.8) is 0 Å². The molecule has 0 saturated carbocycles. The van der Waals surface area contributed by atoms with E-state index in [0.29, 0.717) is 13.0 Å². The third kappa shape index (κ3) is 2.28. The molecule has 1 aliphatic rings. The van der Waals surface area contributed by atoms with Gasteiger partial charge in [-0.1, -0.05) is 12.1 Å². The molecule has 1 N–H and O–H groups in total. The Morgan fingerprint density at radius 3 is 2.62 bits per heavy atom. The van der Waals surface area contributed by atoms with Gasteiger partial charge in [0, 0.05) is 18.6 Å². The number of ether oxygens (including phenoxy) is 1. The van der Waals surface area contributed by atoms with Gasteiger partial charge in [-0.15, -0.1) is 0 Å². The summed E-state index contributed by atoms with van der Waals surface area (Å²) in [7, 11) is 0. The molecule has 16 heavy (non-hydrogen) atoms. The molecule has 1 aliphatic heterocycles. The summed E-state index contributed by atoms with van der Waals surface area (Å²) >= 11 is 0. The lowest BCUT2D eigenvalue weighted by Crippen LogP contribution is -2.16. The Bertz CT molecular complexity index is 415. The third-order valence-corrected chi connectivity index (χ3v) is 2.36. The molecule has 0 bridgehead atoms. The Kier molecular flexibility index (Phi) is 2.72. The molecule has 84 valence electrons. The molecule has 1 atom stereocenters. The van der Waals surface area contributed by atoms with Crippen molar-refractivity contribution in [3.05, 3.63) is 39.9 Å². The molecule has 1 unspecified atom stereocenters. The van der Waals surface area contributed by atoms with E-state index < -0.39 is 11.0 Å². The van der Waals surface area contributed by atoms with Gasteiger partial charge >= 0.3 is 6.09 Å². The molecular formula is C10H10N2O4. The Hall–Kier alpha value is -2.11. The van der Waals surface area contributed by atoms with E-state index in [1.54, 1.807) is 12.1 Å². The highest BCUT2D eigenvalue weighted by molar-refractivity contribution is 5.69. The highest BCUT2D eigenvalue weighted by Gasteiger charge is 2.22. The first-order chi connectivity index (χ1) is 7.65. The first kappa shape index (κ1) is 10.4. The molecular weight excluding hydrogens is 212 g/mol. The molecule has 1 aromatic rings. The number of hydrogen-bond acceptors (Lipinski definition) is 4. The second kappa shape index (κ2) is 4.18. The molecule has 1 aromatic carbocycles. The van der Waals surface area contributed by atoms with Crippen LogP contribution in [0.1, 0.15) is 5.56 Å². The van der Waals surface area contributed by atoms with Crippen LogP contribution in [0, 0.1) is 10.1 Å². The number of nitro groups is 1. The summed E-state index contributed by atoms with van der Waals surface area (Å²) in [6, 6.07) is 6.23. The number of amides is 1. The fourth-order valence-corrected chi connectivity index (χ4v) is 1.56. The van der Waals surface area contributed by atoms with Gasteiger partial charge in [0.15, 0.2) is 0 Å². The van der Waals surface area contributed by atoms with Crippen LogP contribution in [0.15, 0.2) is 24.3 Å². The van der Waals surface area contributed by atoms with E-state index in [-0.39, 0.29) is 11.8 Å². The maximum Gasteiger partial charge on any atom is 0.407 e. The van der Waals surface area contributed by atoms with Crippen LogP contribution in [0.5, 0.6) is 0 Å². The molecule has 0 aromatic heterocycles. The van der Waals surface area contributed by atoms with Crippen molar-refractivity contribution in [3.8, 4) is 0 Å². The van der Waals surface area contributed by atoms with Gasteiger partial charge in [0.1, 0.15) is 6.10 Å². The number of nitrogens with one attached hydrogen (secondary N) is 1. The van der Waals surface area contributed by atoms with Crippen LogP contribution >= 0.6 is 0 Å². The predicted molar refractivity (Wildman–Crippen MR) is 55.1 cm³/mol. The van der Waals surface area contributed by atoms with Crippen molar-refractivity contribution in [2.24, 2.45) is 0 Å². The number of nitrogens with zero attached hydrogens (tertiary/aromatic N) is 1. The van der Waals surface area contributed by atoms with Crippen LogP contribution in [0.4, 0.5) is 10.5 Å². The molecule has 1 amide bonds. The fourth-order valence-electron chi connectivity index (χ4n) is 1.56. The van der Waals surface area contributed by atoms with Crippen LogP contribution in [-0.4, -0.2) is 23.7 Å². The fraction of sp³-hybridized carbons (Fsp3) is 0.300. The van der Waals surface area contributed by atoms with Gasteiger partial charge in [-0.2, -0.15) is 0 Å². The summed E-state index contributed by atoms with van der Waals surface area (Å²) in [6.45, 7) is 0.482. The molecule has 6 nitrogen and oxygen atoms in total. The molecule has 0 radical (unpaired) electrons. The van der Waals surface area contributed by atoms with E-state index in [1.807, 2.05) is 0 Å². The molecule has 2 rings (SSSR count). The minimum Gasteiger partial charge on any atom is -0.444 e. The molecule has 1 saturated heterocycles. The van der Waals surface area contributed by atoms with Gasteiger partial charge in [0.2, 0.25) is 0 Å². The monoisotopic (exact) mass is 222 g/mol. The number of cyclic esters (lactones) is 1. The van der Waals surface area contributed by atoms with Gasteiger partial charge in [-0.05, 0) is 5.56 Å². The van der Waals surface area contributed by atoms with Crippen molar-refractivity contribution in [1.29, 1.82) is 0 Å². The minimum absolute atomic E-state index is 0.0605. The molecule has 0 spiro atoms. The number of rotatable bonds is 3. The van der Waals surface area contributed by atoms with Crippen molar-refractivity contribution in [1.82, 2.24) is 5.32 Å². The van der Waals surface area contributed by atoms with Crippen LogP contribution in [-0.2, 0) is 11.2 Å². The number of benzene rings is 1. The number of alkyl carbamates (subject to hydrolysis) is 1. The molecule has 1 heterocycles. The van der Waals surface area contributed by atoms with Gasteiger partial charge in [0.05, 0.1) is 11.5 Å². The zero-order chi connectivity index (χ0) is 11.5. The first-order valence-corrected chi connectivity index (χ1v) is 4.83. The molecule has 0 aliphatic carbocycles. The predicted octanol–water partition coefficient (Wildman–Crippen LogP) is 1.25. The van der Waals surface area contributed by atoms with E-state index in [4.69, 9.17) is 4.74 Å². The summed E-state index contributed by atoms with van der Waals surface area (Å²) in [5, 5.41) is 13.0. The van der Waals surface area contributed by atoms with E-state index in [9.17, 15) is 14.9 Å². The zero-order valence-electron chi connectivity index (χ0n) is 8.38. The van der Waals surface area contributed by atoms with Gasteiger partial charge in [-0.25, -0.2) is 4.79 Å². The lowest BCUT2D eigenvalue weighted by Gasteiger charge is -2.06. The third-order valence-electron chi connectivity index (χ3n) is 2.36. The second-order valence-corrected chi connectivity index (χ2v) is 3.54. The SMILES string of the molecule is O=C1NCC(Cc2ccc([N+](=O)[O-])cc2)O1. The normalized spacial score (nSPS) is 19.0. The summed E-state index contributed by atoms with van der Waals surface area (Å²) in [4.78, 5) is 20.7. The topological polar surface area (TPSA) is 81.5 Å². The summed E-state index contributed by atoms with van der Waals surface area (Å²) in [5.41, 5.74) is 0.970. The maximum atomic E-state index is 10.8. The quantitative estimate of drug-likeness (QED) is 0.616. The van der Waals surface area contributed by atoms with Crippen LogP contribution in [0.2, 0.25) is 0 Å².